The molecule has 0 aliphatic rings. The van der Waals surface area contributed by atoms with E-state index < -0.39 is 0 Å². The molecule has 1 amide bonds. The first-order chi connectivity index (χ1) is 14.6. The second-order valence-electron chi connectivity index (χ2n) is 6.54. The third-order valence-electron chi connectivity index (χ3n) is 4.44. The van der Waals surface area contributed by atoms with Gasteiger partial charge in [0.25, 0.3) is 5.91 Å². The number of hydrogen-bond acceptors (Lipinski definition) is 4. The lowest BCUT2D eigenvalue weighted by Gasteiger charge is -2.08. The van der Waals surface area contributed by atoms with Gasteiger partial charge in [-0.05, 0) is 49.4 Å². The summed E-state index contributed by atoms with van der Waals surface area (Å²) in [5.74, 6) is 0.503. The molecule has 0 unspecified atom stereocenters. The molecule has 0 spiro atoms. The number of benzene rings is 3. The predicted octanol–water partition coefficient (Wildman–Crippen LogP) is 6.78. The van der Waals surface area contributed by atoms with Gasteiger partial charge in [0, 0.05) is 32.8 Å². The smallest absolute Gasteiger partial charge is 0.255 e. The maximum Gasteiger partial charge on any atom is 0.255 e. The number of rotatable bonds is 6. The summed E-state index contributed by atoms with van der Waals surface area (Å²) in [6.07, 6.45) is 0. The molecule has 0 saturated carbocycles. The average molecular weight is 435 g/mol. The van der Waals surface area contributed by atoms with Crippen LogP contribution in [0.4, 0.5) is 5.69 Å². The van der Waals surface area contributed by atoms with E-state index in [0.717, 1.165) is 27.5 Å². The van der Waals surface area contributed by atoms with E-state index >= 15 is 0 Å². The maximum absolute atomic E-state index is 12.5. The molecule has 30 heavy (non-hydrogen) atoms. The second-order valence-corrected chi connectivity index (χ2v) is 7.83. The fourth-order valence-electron chi connectivity index (χ4n) is 2.95. The van der Waals surface area contributed by atoms with Crippen LogP contribution in [-0.2, 0) is 0 Å². The second kappa shape index (κ2) is 9.11. The lowest BCUT2D eigenvalue weighted by atomic mass is 10.1. The van der Waals surface area contributed by atoms with Crippen molar-refractivity contribution in [2.75, 3.05) is 11.9 Å². The Kier molecular flexibility index (Phi) is 6.12. The first kappa shape index (κ1) is 20.1. The van der Waals surface area contributed by atoms with Gasteiger partial charge in [0.2, 0.25) is 0 Å². The SMILES string of the molecule is CCOc1cccc(C(=O)Nc2ccc(-c3csc(-c4ccc(Cl)cc4)n3)cc2)c1. The summed E-state index contributed by atoms with van der Waals surface area (Å²) >= 11 is 7.54. The van der Waals surface area contributed by atoms with Gasteiger partial charge >= 0.3 is 0 Å². The number of ether oxygens (including phenoxy) is 1. The van der Waals surface area contributed by atoms with Crippen molar-refractivity contribution < 1.29 is 9.53 Å². The Morgan fingerprint density at radius 3 is 2.50 bits per heavy atom. The van der Waals surface area contributed by atoms with Crippen LogP contribution < -0.4 is 10.1 Å². The van der Waals surface area contributed by atoms with E-state index in [2.05, 4.69) is 5.32 Å². The van der Waals surface area contributed by atoms with E-state index in [1.165, 1.54) is 0 Å². The van der Waals surface area contributed by atoms with Crippen molar-refractivity contribution in [1.29, 1.82) is 0 Å². The van der Waals surface area contributed by atoms with Crippen molar-refractivity contribution in [3.63, 3.8) is 0 Å². The third-order valence-corrected chi connectivity index (χ3v) is 5.58. The Bertz CT molecular complexity index is 1150. The molecule has 0 aliphatic heterocycles. The summed E-state index contributed by atoms with van der Waals surface area (Å²) in [7, 11) is 0. The normalized spacial score (nSPS) is 10.6. The first-order valence-corrected chi connectivity index (χ1v) is 10.7. The molecule has 1 heterocycles. The molecule has 0 radical (unpaired) electrons. The Hall–Kier alpha value is -3.15. The number of anilines is 1. The van der Waals surface area contributed by atoms with Crippen molar-refractivity contribution >= 4 is 34.5 Å². The molecule has 3 aromatic carbocycles. The van der Waals surface area contributed by atoms with E-state index in [9.17, 15) is 4.79 Å². The number of carbonyl (C=O) groups is 1. The van der Waals surface area contributed by atoms with Crippen molar-refractivity contribution in [2.45, 2.75) is 6.92 Å². The molecule has 6 heteroatoms. The molecule has 1 N–H and O–H groups in total. The number of halogens is 1. The lowest BCUT2D eigenvalue weighted by Crippen LogP contribution is -2.11. The number of aromatic nitrogens is 1. The molecule has 0 saturated heterocycles. The van der Waals surface area contributed by atoms with Crippen LogP contribution in [0.1, 0.15) is 17.3 Å². The number of nitrogens with one attached hydrogen (secondary N) is 1. The first-order valence-electron chi connectivity index (χ1n) is 9.48. The van der Waals surface area contributed by atoms with Gasteiger partial charge in [-0.25, -0.2) is 4.98 Å². The van der Waals surface area contributed by atoms with Gasteiger partial charge in [-0.1, -0.05) is 41.9 Å². The largest absolute Gasteiger partial charge is 0.494 e. The standard InChI is InChI=1S/C24H19ClN2O2S/c1-2-29-21-5-3-4-18(14-21)23(28)26-20-12-8-16(9-13-20)22-15-30-24(27-22)17-6-10-19(25)11-7-17/h3-15H,2H2,1H3,(H,26,28). The zero-order valence-corrected chi connectivity index (χ0v) is 17.8. The number of hydrogen-bond donors (Lipinski definition) is 1. The van der Waals surface area contributed by atoms with Gasteiger partial charge in [0.05, 0.1) is 12.3 Å². The van der Waals surface area contributed by atoms with Gasteiger partial charge in [-0.3, -0.25) is 4.79 Å². The van der Waals surface area contributed by atoms with Crippen molar-refractivity contribution in [3.05, 3.63) is 88.8 Å². The highest BCUT2D eigenvalue weighted by molar-refractivity contribution is 7.13. The quantitative estimate of drug-likeness (QED) is 0.363. The Balaban J connectivity index is 1.46. The minimum atomic E-state index is -0.178. The molecule has 0 aliphatic carbocycles. The molecular formula is C24H19ClN2O2S. The average Bonchev–Trinajstić information content (AvgIpc) is 3.25. The Labute approximate surface area is 184 Å². The summed E-state index contributed by atoms with van der Waals surface area (Å²) in [6.45, 7) is 2.47. The van der Waals surface area contributed by atoms with Crippen LogP contribution in [0.5, 0.6) is 5.75 Å². The highest BCUT2D eigenvalue weighted by Crippen LogP contribution is 2.30. The van der Waals surface area contributed by atoms with Crippen molar-refractivity contribution in [2.24, 2.45) is 0 Å². The minimum absolute atomic E-state index is 0.178. The zero-order valence-electron chi connectivity index (χ0n) is 16.3. The van der Waals surface area contributed by atoms with Crippen LogP contribution in [0.25, 0.3) is 21.8 Å². The number of carbonyl (C=O) groups excluding carboxylic acids is 1. The Morgan fingerprint density at radius 2 is 1.77 bits per heavy atom. The van der Waals surface area contributed by atoms with Crippen molar-refractivity contribution in [3.8, 4) is 27.6 Å². The lowest BCUT2D eigenvalue weighted by molar-refractivity contribution is 0.102. The molecule has 0 atom stereocenters. The fraction of sp³-hybridized carbons (Fsp3) is 0.0833. The van der Waals surface area contributed by atoms with E-state index in [4.69, 9.17) is 21.3 Å². The van der Waals surface area contributed by atoms with E-state index in [1.807, 2.05) is 73.0 Å². The van der Waals surface area contributed by atoms with Crippen LogP contribution in [-0.4, -0.2) is 17.5 Å². The van der Waals surface area contributed by atoms with Crippen LogP contribution in [0, 0.1) is 0 Å². The van der Waals surface area contributed by atoms with Gasteiger partial charge in [0.1, 0.15) is 10.8 Å². The summed E-state index contributed by atoms with van der Waals surface area (Å²) in [4.78, 5) is 17.2. The molecule has 0 fully saturated rings. The summed E-state index contributed by atoms with van der Waals surface area (Å²) in [6, 6.07) is 22.4. The van der Waals surface area contributed by atoms with E-state index in [-0.39, 0.29) is 5.91 Å². The molecule has 150 valence electrons. The highest BCUT2D eigenvalue weighted by atomic mass is 35.5. The molecule has 4 nitrogen and oxygen atoms in total. The Morgan fingerprint density at radius 1 is 1.03 bits per heavy atom. The summed E-state index contributed by atoms with van der Waals surface area (Å²) in [5, 5.41) is 6.59. The monoisotopic (exact) mass is 434 g/mol. The van der Waals surface area contributed by atoms with Crippen LogP contribution in [0.2, 0.25) is 5.02 Å². The van der Waals surface area contributed by atoms with E-state index in [1.54, 1.807) is 23.5 Å². The van der Waals surface area contributed by atoms with Gasteiger partial charge in [-0.15, -0.1) is 11.3 Å². The molecule has 0 bridgehead atoms. The van der Waals surface area contributed by atoms with Crippen LogP contribution >= 0.6 is 22.9 Å². The number of nitrogens with zero attached hydrogens (tertiary/aromatic N) is 1. The molecule has 1 aromatic heterocycles. The van der Waals surface area contributed by atoms with Gasteiger partial charge < -0.3 is 10.1 Å². The summed E-state index contributed by atoms with van der Waals surface area (Å²) < 4.78 is 5.46. The van der Waals surface area contributed by atoms with Crippen LogP contribution in [0.15, 0.2) is 78.2 Å². The zero-order chi connectivity index (χ0) is 20.9. The summed E-state index contributed by atoms with van der Waals surface area (Å²) in [5.41, 5.74) is 4.19. The third kappa shape index (κ3) is 4.70. The number of thiazole rings is 1. The minimum Gasteiger partial charge on any atom is -0.494 e. The van der Waals surface area contributed by atoms with Gasteiger partial charge in [-0.2, -0.15) is 0 Å². The maximum atomic E-state index is 12.5. The predicted molar refractivity (Wildman–Crippen MR) is 124 cm³/mol. The number of amides is 1. The van der Waals surface area contributed by atoms with E-state index in [0.29, 0.717) is 22.9 Å². The molecular weight excluding hydrogens is 416 g/mol. The highest BCUT2D eigenvalue weighted by Gasteiger charge is 2.09. The van der Waals surface area contributed by atoms with Crippen LogP contribution in [0.3, 0.4) is 0 Å². The topological polar surface area (TPSA) is 51.2 Å². The molecule has 4 rings (SSSR count). The fourth-order valence-corrected chi connectivity index (χ4v) is 3.91. The van der Waals surface area contributed by atoms with Crippen molar-refractivity contribution in [1.82, 2.24) is 4.98 Å². The molecule has 4 aromatic rings. The van der Waals surface area contributed by atoms with Gasteiger partial charge in [0.15, 0.2) is 0 Å².